The van der Waals surface area contributed by atoms with Crippen molar-refractivity contribution in [3.63, 3.8) is 0 Å². The predicted octanol–water partition coefficient (Wildman–Crippen LogP) is 2.18. The van der Waals surface area contributed by atoms with Crippen LogP contribution in [0, 0.1) is 5.92 Å². The van der Waals surface area contributed by atoms with Crippen LogP contribution in [0.1, 0.15) is 52.9 Å². The van der Waals surface area contributed by atoms with Gasteiger partial charge in [0.15, 0.2) is 0 Å². The zero-order chi connectivity index (χ0) is 12.6. The Bertz CT molecular complexity index is 228. The van der Waals surface area contributed by atoms with Crippen molar-refractivity contribution in [3.05, 3.63) is 0 Å². The van der Waals surface area contributed by atoms with Gasteiger partial charge in [-0.05, 0) is 19.3 Å². The maximum Gasteiger partial charge on any atom is 0.325 e. The molecule has 2 N–H and O–H groups in total. The van der Waals surface area contributed by atoms with E-state index in [1.807, 2.05) is 0 Å². The summed E-state index contributed by atoms with van der Waals surface area (Å²) in [5, 5.41) is 11.1. The third kappa shape index (κ3) is 6.43. The van der Waals surface area contributed by atoms with E-state index in [9.17, 15) is 9.59 Å². The van der Waals surface area contributed by atoms with Crippen LogP contribution in [0.25, 0.3) is 0 Å². The van der Waals surface area contributed by atoms with Crippen LogP contribution in [0.15, 0.2) is 0 Å². The Kier molecular flexibility index (Phi) is 7.60. The second-order valence-corrected chi connectivity index (χ2v) is 4.25. The Morgan fingerprint density at radius 3 is 2.38 bits per heavy atom. The van der Waals surface area contributed by atoms with E-state index in [1.54, 1.807) is 0 Å². The second-order valence-electron chi connectivity index (χ2n) is 4.25. The topological polar surface area (TPSA) is 66.4 Å². The van der Waals surface area contributed by atoms with Crippen LogP contribution in [-0.4, -0.2) is 23.0 Å². The molecule has 0 saturated heterocycles. The van der Waals surface area contributed by atoms with Crippen molar-refractivity contribution in [3.8, 4) is 0 Å². The van der Waals surface area contributed by atoms with Gasteiger partial charge in [-0.25, -0.2) is 0 Å². The van der Waals surface area contributed by atoms with E-state index in [0.29, 0.717) is 12.3 Å². The van der Waals surface area contributed by atoms with E-state index in [1.165, 1.54) is 6.92 Å². The summed E-state index contributed by atoms with van der Waals surface area (Å²) < 4.78 is 0. The normalized spacial score (nSPS) is 14.2. The average molecular weight is 229 g/mol. The van der Waals surface area contributed by atoms with Gasteiger partial charge in [0.05, 0.1) is 0 Å². The number of hydrogen-bond acceptors (Lipinski definition) is 2. The summed E-state index contributed by atoms with van der Waals surface area (Å²) in [5.74, 6) is -0.770. The van der Waals surface area contributed by atoms with Crippen LogP contribution in [0.4, 0.5) is 0 Å². The summed E-state index contributed by atoms with van der Waals surface area (Å²) >= 11 is 0. The van der Waals surface area contributed by atoms with Crippen LogP contribution in [0.5, 0.6) is 0 Å². The molecule has 0 aromatic carbocycles. The number of carboxylic acids is 1. The third-order valence-corrected chi connectivity index (χ3v) is 2.77. The van der Waals surface area contributed by atoms with E-state index in [-0.39, 0.29) is 5.91 Å². The molecule has 1 amide bonds. The Hall–Kier alpha value is -1.06. The van der Waals surface area contributed by atoms with E-state index < -0.39 is 12.0 Å². The molecule has 0 aromatic heterocycles. The van der Waals surface area contributed by atoms with Crippen molar-refractivity contribution in [2.24, 2.45) is 5.92 Å². The molecule has 0 saturated carbocycles. The fourth-order valence-electron chi connectivity index (χ4n) is 1.57. The van der Waals surface area contributed by atoms with Crippen molar-refractivity contribution in [1.29, 1.82) is 0 Å². The third-order valence-electron chi connectivity index (χ3n) is 2.77. The number of carboxylic acid groups (broad SMARTS) is 1. The number of hydrogen-bond donors (Lipinski definition) is 2. The second kappa shape index (κ2) is 8.13. The van der Waals surface area contributed by atoms with Crippen LogP contribution in [-0.2, 0) is 9.59 Å². The fraction of sp³-hybridized carbons (Fsp3) is 0.833. The zero-order valence-electron chi connectivity index (χ0n) is 10.5. The minimum Gasteiger partial charge on any atom is -0.480 e. The minimum atomic E-state index is -0.991. The molecular weight excluding hydrogens is 206 g/mol. The van der Waals surface area contributed by atoms with Crippen LogP contribution >= 0.6 is 0 Å². The summed E-state index contributed by atoms with van der Waals surface area (Å²) in [6.07, 6.45) is 4.70. The summed E-state index contributed by atoms with van der Waals surface area (Å²) in [6.45, 7) is 5.67. The van der Waals surface area contributed by atoms with Gasteiger partial charge in [0.1, 0.15) is 6.04 Å². The van der Waals surface area contributed by atoms with Crippen molar-refractivity contribution < 1.29 is 14.7 Å². The smallest absolute Gasteiger partial charge is 0.325 e. The van der Waals surface area contributed by atoms with Crippen LogP contribution < -0.4 is 5.32 Å². The van der Waals surface area contributed by atoms with Crippen molar-refractivity contribution in [2.45, 2.75) is 58.9 Å². The molecule has 0 bridgehead atoms. The first kappa shape index (κ1) is 14.9. The van der Waals surface area contributed by atoms with E-state index >= 15 is 0 Å². The van der Waals surface area contributed by atoms with Gasteiger partial charge in [-0.1, -0.05) is 33.1 Å². The number of aliphatic carboxylic acids is 1. The lowest BCUT2D eigenvalue weighted by atomic mass is 9.95. The maximum absolute atomic E-state index is 11.5. The van der Waals surface area contributed by atoms with Gasteiger partial charge < -0.3 is 10.4 Å². The predicted molar refractivity (Wildman–Crippen MR) is 63.2 cm³/mol. The molecule has 0 spiro atoms. The maximum atomic E-state index is 11.5. The lowest BCUT2D eigenvalue weighted by Crippen LogP contribution is -2.39. The van der Waals surface area contributed by atoms with Gasteiger partial charge in [0.25, 0.3) is 0 Å². The van der Waals surface area contributed by atoms with Crippen LogP contribution in [0.3, 0.4) is 0 Å². The SMILES string of the molecule is CCCCC(CC)CC(=O)N[C@@H](C)C(=O)O. The lowest BCUT2D eigenvalue weighted by Gasteiger charge is -2.15. The first-order valence-corrected chi connectivity index (χ1v) is 6.03. The molecule has 0 aromatic rings. The molecule has 0 radical (unpaired) electrons. The molecule has 1 unspecified atom stereocenters. The number of unbranched alkanes of at least 4 members (excludes halogenated alkanes) is 1. The number of amides is 1. The molecule has 16 heavy (non-hydrogen) atoms. The Balaban J connectivity index is 3.95. The zero-order valence-corrected chi connectivity index (χ0v) is 10.5. The highest BCUT2D eigenvalue weighted by molar-refractivity contribution is 5.83. The molecule has 0 aliphatic rings. The summed E-state index contributed by atoms with van der Waals surface area (Å²) in [7, 11) is 0. The number of carbonyl (C=O) groups is 2. The van der Waals surface area contributed by atoms with Gasteiger partial charge >= 0.3 is 5.97 Å². The van der Waals surface area contributed by atoms with Gasteiger partial charge in [-0.15, -0.1) is 0 Å². The molecule has 94 valence electrons. The lowest BCUT2D eigenvalue weighted by molar-refractivity contribution is -0.141. The standard InChI is InChI=1S/C12H23NO3/c1-4-6-7-10(5-2)8-11(14)13-9(3)12(15)16/h9-10H,4-8H2,1-3H3,(H,13,14)(H,15,16)/t9-,10?/m0/s1. The molecular formula is C12H23NO3. The van der Waals surface area contributed by atoms with Gasteiger partial charge in [0.2, 0.25) is 5.91 Å². The van der Waals surface area contributed by atoms with Crippen molar-refractivity contribution >= 4 is 11.9 Å². The van der Waals surface area contributed by atoms with Gasteiger partial charge in [0, 0.05) is 6.42 Å². The van der Waals surface area contributed by atoms with Crippen molar-refractivity contribution in [1.82, 2.24) is 5.32 Å². The first-order chi connectivity index (χ1) is 7.51. The highest BCUT2D eigenvalue weighted by Gasteiger charge is 2.16. The molecule has 2 atom stereocenters. The molecule has 0 aliphatic heterocycles. The molecule has 0 heterocycles. The van der Waals surface area contributed by atoms with Crippen molar-refractivity contribution in [2.75, 3.05) is 0 Å². The number of rotatable bonds is 8. The Morgan fingerprint density at radius 2 is 1.94 bits per heavy atom. The first-order valence-electron chi connectivity index (χ1n) is 6.03. The highest BCUT2D eigenvalue weighted by Crippen LogP contribution is 2.16. The quantitative estimate of drug-likeness (QED) is 0.670. The molecule has 4 heteroatoms. The average Bonchev–Trinajstić information content (AvgIpc) is 2.23. The van der Waals surface area contributed by atoms with Gasteiger partial charge in [-0.3, -0.25) is 9.59 Å². The summed E-state index contributed by atoms with van der Waals surface area (Å²) in [6, 6.07) is -0.795. The Morgan fingerprint density at radius 1 is 1.31 bits per heavy atom. The van der Waals surface area contributed by atoms with E-state index in [2.05, 4.69) is 19.2 Å². The number of nitrogens with one attached hydrogen (secondary N) is 1. The summed E-state index contributed by atoms with van der Waals surface area (Å²) in [4.78, 5) is 22.1. The molecule has 4 nitrogen and oxygen atoms in total. The van der Waals surface area contributed by atoms with Crippen LogP contribution in [0.2, 0.25) is 0 Å². The fourth-order valence-corrected chi connectivity index (χ4v) is 1.57. The van der Waals surface area contributed by atoms with Gasteiger partial charge in [-0.2, -0.15) is 0 Å². The molecule has 0 rings (SSSR count). The van der Waals surface area contributed by atoms with E-state index in [4.69, 9.17) is 5.11 Å². The summed E-state index contributed by atoms with van der Waals surface area (Å²) in [5.41, 5.74) is 0. The number of carbonyl (C=O) groups excluding carboxylic acids is 1. The molecule has 0 aliphatic carbocycles. The van der Waals surface area contributed by atoms with E-state index in [0.717, 1.165) is 25.7 Å². The molecule has 0 fully saturated rings. The largest absolute Gasteiger partial charge is 0.480 e. The highest BCUT2D eigenvalue weighted by atomic mass is 16.4. The Labute approximate surface area is 97.4 Å². The minimum absolute atomic E-state index is 0.155. The monoisotopic (exact) mass is 229 g/mol.